The molecular weight excluding hydrogens is 332 g/mol. The number of aromatic nitrogens is 1. The SMILES string of the molecule is O=C(CCCCOC1CCN(C(=O)O)C1)CCc1cccnc1Cl. The van der Waals surface area contributed by atoms with Gasteiger partial charge in [0.15, 0.2) is 0 Å². The second kappa shape index (κ2) is 9.59. The van der Waals surface area contributed by atoms with Gasteiger partial charge >= 0.3 is 6.09 Å². The number of hydrogen-bond acceptors (Lipinski definition) is 4. The van der Waals surface area contributed by atoms with Crippen LogP contribution in [0.1, 0.15) is 37.7 Å². The van der Waals surface area contributed by atoms with E-state index in [1.54, 1.807) is 6.20 Å². The van der Waals surface area contributed by atoms with Crippen molar-refractivity contribution in [1.29, 1.82) is 0 Å². The fourth-order valence-corrected chi connectivity index (χ4v) is 2.93. The van der Waals surface area contributed by atoms with Gasteiger partial charge in [0.1, 0.15) is 10.9 Å². The van der Waals surface area contributed by atoms with E-state index in [1.807, 2.05) is 12.1 Å². The van der Waals surface area contributed by atoms with E-state index in [1.165, 1.54) is 4.90 Å². The standard InChI is InChI=1S/C17H23ClN2O4/c18-16-13(4-3-9-19-16)6-7-14(21)5-1-2-11-24-15-8-10-20(12-15)17(22)23/h3-4,9,15H,1-2,5-8,10-12H2,(H,22,23). The zero-order chi connectivity index (χ0) is 17.4. The Labute approximate surface area is 146 Å². The highest BCUT2D eigenvalue weighted by Gasteiger charge is 2.26. The van der Waals surface area contributed by atoms with Gasteiger partial charge in [0.05, 0.1) is 12.6 Å². The number of carbonyl (C=O) groups excluding carboxylic acids is 1. The highest BCUT2D eigenvalue weighted by atomic mass is 35.5. The van der Waals surface area contributed by atoms with Crippen molar-refractivity contribution >= 4 is 23.5 Å². The number of hydrogen-bond donors (Lipinski definition) is 1. The Morgan fingerprint density at radius 3 is 2.92 bits per heavy atom. The Kier molecular flexibility index (Phi) is 7.46. The van der Waals surface area contributed by atoms with Crippen LogP contribution < -0.4 is 0 Å². The highest BCUT2D eigenvalue weighted by Crippen LogP contribution is 2.15. The lowest BCUT2D eigenvalue weighted by Gasteiger charge is -2.13. The van der Waals surface area contributed by atoms with E-state index in [-0.39, 0.29) is 11.9 Å². The predicted molar refractivity (Wildman–Crippen MR) is 90.4 cm³/mol. The van der Waals surface area contributed by atoms with E-state index >= 15 is 0 Å². The Morgan fingerprint density at radius 2 is 2.21 bits per heavy atom. The number of carboxylic acid groups (broad SMARTS) is 1. The Hall–Kier alpha value is -1.66. The number of ketones is 1. The van der Waals surface area contributed by atoms with Gasteiger partial charge in [-0.3, -0.25) is 4.79 Å². The molecule has 1 unspecified atom stereocenters. The molecule has 24 heavy (non-hydrogen) atoms. The van der Waals surface area contributed by atoms with E-state index in [4.69, 9.17) is 21.4 Å². The molecule has 2 heterocycles. The first-order chi connectivity index (χ1) is 11.6. The molecule has 0 saturated carbocycles. The third-order valence-corrected chi connectivity index (χ3v) is 4.47. The minimum Gasteiger partial charge on any atom is -0.465 e. The molecule has 1 aromatic rings. The quantitative estimate of drug-likeness (QED) is 0.544. The fraction of sp³-hybridized carbons (Fsp3) is 0.588. The normalized spacial score (nSPS) is 17.2. The second-order valence-corrected chi connectivity index (χ2v) is 6.32. The largest absolute Gasteiger partial charge is 0.465 e. The summed E-state index contributed by atoms with van der Waals surface area (Å²) in [5.74, 6) is 0.216. The summed E-state index contributed by atoms with van der Waals surface area (Å²) < 4.78 is 5.67. The molecule has 0 bridgehead atoms. The average molecular weight is 355 g/mol. The van der Waals surface area contributed by atoms with Gasteiger partial charge in [-0.15, -0.1) is 0 Å². The average Bonchev–Trinajstić information content (AvgIpc) is 3.03. The molecule has 7 heteroatoms. The monoisotopic (exact) mass is 354 g/mol. The van der Waals surface area contributed by atoms with Crippen LogP contribution in [0, 0.1) is 0 Å². The van der Waals surface area contributed by atoms with Gasteiger partial charge < -0.3 is 14.7 Å². The number of Topliss-reactive ketones (excluding diaryl/α,β-unsaturated/α-hetero) is 1. The Bertz CT molecular complexity index is 567. The Balaban J connectivity index is 1.52. The van der Waals surface area contributed by atoms with E-state index < -0.39 is 6.09 Å². The molecule has 6 nitrogen and oxygen atoms in total. The van der Waals surface area contributed by atoms with Crippen molar-refractivity contribution in [3.05, 3.63) is 29.0 Å². The van der Waals surface area contributed by atoms with E-state index in [9.17, 15) is 9.59 Å². The van der Waals surface area contributed by atoms with Crippen LogP contribution in [-0.4, -0.2) is 52.7 Å². The summed E-state index contributed by atoms with van der Waals surface area (Å²) >= 11 is 5.97. The number of carbonyl (C=O) groups is 2. The topological polar surface area (TPSA) is 79.7 Å². The van der Waals surface area contributed by atoms with Gasteiger partial charge in [-0.1, -0.05) is 17.7 Å². The summed E-state index contributed by atoms with van der Waals surface area (Å²) in [7, 11) is 0. The van der Waals surface area contributed by atoms with Crippen LogP contribution in [0.3, 0.4) is 0 Å². The van der Waals surface area contributed by atoms with Crippen molar-refractivity contribution < 1.29 is 19.4 Å². The van der Waals surface area contributed by atoms with Gasteiger partial charge in [0.2, 0.25) is 0 Å². The summed E-state index contributed by atoms with van der Waals surface area (Å²) in [6, 6.07) is 3.70. The highest BCUT2D eigenvalue weighted by molar-refractivity contribution is 6.30. The number of ether oxygens (including phenoxy) is 1. The van der Waals surface area contributed by atoms with Gasteiger partial charge in [-0.05, 0) is 37.3 Å². The first kappa shape index (κ1) is 18.7. The van der Waals surface area contributed by atoms with Crippen LogP contribution in [0.25, 0.3) is 0 Å². The van der Waals surface area contributed by atoms with Crippen LogP contribution in [0.4, 0.5) is 4.79 Å². The molecule has 1 aromatic heterocycles. The number of rotatable bonds is 9. The maximum atomic E-state index is 11.9. The van der Waals surface area contributed by atoms with Crippen molar-refractivity contribution in [2.24, 2.45) is 0 Å². The maximum Gasteiger partial charge on any atom is 0.407 e. The molecule has 1 N–H and O–H groups in total. The second-order valence-electron chi connectivity index (χ2n) is 5.96. The molecule has 0 aromatic carbocycles. The maximum absolute atomic E-state index is 11.9. The van der Waals surface area contributed by atoms with E-state index in [0.717, 1.165) is 24.8 Å². The number of aryl methyl sites for hydroxylation is 1. The molecule has 132 valence electrons. The summed E-state index contributed by atoms with van der Waals surface area (Å²) in [6.45, 7) is 1.55. The molecular formula is C17H23ClN2O4. The Morgan fingerprint density at radius 1 is 1.38 bits per heavy atom. The zero-order valence-electron chi connectivity index (χ0n) is 13.6. The van der Waals surface area contributed by atoms with Gasteiger partial charge in [-0.25, -0.2) is 9.78 Å². The van der Waals surface area contributed by atoms with Crippen LogP contribution in [0.15, 0.2) is 18.3 Å². The lowest BCUT2D eigenvalue weighted by atomic mass is 10.1. The number of pyridine rings is 1. The number of amides is 1. The molecule has 1 aliphatic rings. The lowest BCUT2D eigenvalue weighted by molar-refractivity contribution is -0.119. The molecule has 1 atom stereocenters. The van der Waals surface area contributed by atoms with E-state index in [2.05, 4.69) is 4.98 Å². The van der Waals surface area contributed by atoms with Crippen molar-refractivity contribution in [3.63, 3.8) is 0 Å². The first-order valence-electron chi connectivity index (χ1n) is 8.27. The van der Waals surface area contributed by atoms with Crippen LogP contribution in [0.5, 0.6) is 0 Å². The van der Waals surface area contributed by atoms with Crippen molar-refractivity contribution in [3.8, 4) is 0 Å². The third-order valence-electron chi connectivity index (χ3n) is 4.13. The molecule has 0 aliphatic carbocycles. The van der Waals surface area contributed by atoms with Gasteiger partial charge in [-0.2, -0.15) is 0 Å². The van der Waals surface area contributed by atoms with Gasteiger partial charge in [0.25, 0.3) is 0 Å². The third kappa shape index (κ3) is 6.09. The van der Waals surface area contributed by atoms with Gasteiger partial charge in [0, 0.05) is 32.2 Å². The van der Waals surface area contributed by atoms with Crippen LogP contribution in [-0.2, 0) is 16.0 Å². The van der Waals surface area contributed by atoms with E-state index in [0.29, 0.717) is 44.1 Å². The molecule has 0 spiro atoms. The number of likely N-dealkylation sites (tertiary alicyclic amines) is 1. The molecule has 1 aliphatic heterocycles. The summed E-state index contributed by atoms with van der Waals surface area (Å²) in [5.41, 5.74) is 0.903. The van der Waals surface area contributed by atoms with Crippen molar-refractivity contribution in [2.45, 2.75) is 44.6 Å². The summed E-state index contributed by atoms with van der Waals surface area (Å²) in [4.78, 5) is 28.1. The number of unbranched alkanes of at least 4 members (excludes halogenated alkanes) is 1. The first-order valence-corrected chi connectivity index (χ1v) is 8.64. The summed E-state index contributed by atoms with van der Waals surface area (Å²) in [5, 5.41) is 9.34. The molecule has 1 fully saturated rings. The molecule has 1 amide bonds. The zero-order valence-corrected chi connectivity index (χ0v) is 14.4. The van der Waals surface area contributed by atoms with Crippen LogP contribution in [0.2, 0.25) is 5.15 Å². The molecule has 2 rings (SSSR count). The number of nitrogens with zero attached hydrogens (tertiary/aromatic N) is 2. The molecule has 1 saturated heterocycles. The minimum atomic E-state index is -0.889. The van der Waals surface area contributed by atoms with Crippen LogP contribution >= 0.6 is 11.6 Å². The predicted octanol–water partition coefficient (Wildman–Crippen LogP) is 3.18. The number of halogens is 1. The fourth-order valence-electron chi connectivity index (χ4n) is 2.72. The smallest absolute Gasteiger partial charge is 0.407 e. The minimum absolute atomic E-state index is 0.00970. The van der Waals surface area contributed by atoms with Crippen molar-refractivity contribution in [1.82, 2.24) is 9.88 Å². The molecule has 0 radical (unpaired) electrons. The van der Waals surface area contributed by atoms with Crippen molar-refractivity contribution in [2.75, 3.05) is 19.7 Å². The summed E-state index contributed by atoms with van der Waals surface area (Å²) in [6.07, 6.45) is 4.71. The lowest BCUT2D eigenvalue weighted by Crippen LogP contribution is -2.28.